The molecule has 0 aliphatic carbocycles. The molecule has 4 rings (SSSR count). The zero-order chi connectivity index (χ0) is 17.4. The summed E-state index contributed by atoms with van der Waals surface area (Å²) < 4.78 is 0. The number of anilines is 2. The van der Waals surface area contributed by atoms with Crippen molar-refractivity contribution in [2.45, 2.75) is 13.1 Å². The molecule has 25 heavy (non-hydrogen) atoms. The van der Waals surface area contributed by atoms with Crippen LogP contribution >= 0.6 is 11.6 Å². The van der Waals surface area contributed by atoms with Gasteiger partial charge in [0.25, 0.3) is 5.91 Å². The number of nitrogens with zero attached hydrogens (tertiary/aromatic N) is 1. The molecule has 4 heteroatoms. The Bertz CT molecular complexity index is 919. The van der Waals surface area contributed by atoms with Gasteiger partial charge in [0, 0.05) is 27.5 Å². The molecule has 1 heterocycles. The lowest BCUT2D eigenvalue weighted by Crippen LogP contribution is -2.32. The number of halogens is 1. The fraction of sp³-hybridized carbons (Fsp3) is 0.0952. The van der Waals surface area contributed by atoms with Crippen molar-refractivity contribution in [1.29, 1.82) is 0 Å². The van der Waals surface area contributed by atoms with E-state index in [1.165, 1.54) is 5.56 Å². The van der Waals surface area contributed by atoms with Crippen LogP contribution in [0.3, 0.4) is 0 Å². The van der Waals surface area contributed by atoms with Crippen LogP contribution in [0.5, 0.6) is 0 Å². The molecule has 0 fully saturated rings. The summed E-state index contributed by atoms with van der Waals surface area (Å²) in [6, 6.07) is 23.2. The average Bonchev–Trinajstić information content (AvgIpc) is 2.90. The number of carbonyl (C=O) groups is 1. The monoisotopic (exact) mass is 348 g/mol. The van der Waals surface area contributed by atoms with E-state index >= 15 is 0 Å². The number of hydrogen-bond donors (Lipinski definition) is 1. The zero-order valence-corrected chi connectivity index (χ0v) is 14.5. The molecule has 0 spiro atoms. The molecule has 3 nitrogen and oxygen atoms in total. The van der Waals surface area contributed by atoms with Crippen molar-refractivity contribution in [2.24, 2.45) is 0 Å². The summed E-state index contributed by atoms with van der Waals surface area (Å²) in [7, 11) is 0. The maximum atomic E-state index is 13.0. The van der Waals surface area contributed by atoms with Gasteiger partial charge in [-0.05, 0) is 49.4 Å². The normalized spacial score (nSPS) is 16.0. The Labute approximate surface area is 151 Å². The van der Waals surface area contributed by atoms with E-state index in [4.69, 9.17) is 11.6 Å². The van der Waals surface area contributed by atoms with E-state index in [9.17, 15) is 4.79 Å². The third-order valence-electron chi connectivity index (χ3n) is 4.42. The first-order valence-corrected chi connectivity index (χ1v) is 8.52. The van der Waals surface area contributed by atoms with Crippen LogP contribution in [0, 0.1) is 6.92 Å². The lowest BCUT2D eigenvalue weighted by Gasteiger charge is -2.27. The van der Waals surface area contributed by atoms with Crippen molar-refractivity contribution in [1.82, 2.24) is 0 Å². The van der Waals surface area contributed by atoms with Crippen molar-refractivity contribution in [3.63, 3.8) is 0 Å². The van der Waals surface area contributed by atoms with E-state index in [0.717, 1.165) is 22.5 Å². The SMILES string of the molecule is Cc1ccc(N[C@H]2c3ccccc3C(=O)N2c2ccc(Cl)cc2)cc1. The zero-order valence-electron chi connectivity index (χ0n) is 13.7. The highest BCUT2D eigenvalue weighted by Gasteiger charge is 2.37. The van der Waals surface area contributed by atoms with Crippen molar-refractivity contribution in [2.75, 3.05) is 10.2 Å². The molecule has 0 radical (unpaired) electrons. The quantitative estimate of drug-likeness (QED) is 0.685. The van der Waals surface area contributed by atoms with E-state index in [1.807, 2.05) is 48.5 Å². The van der Waals surface area contributed by atoms with Gasteiger partial charge in [0.1, 0.15) is 6.17 Å². The standard InChI is InChI=1S/C21H17ClN2O/c1-14-6-10-16(11-7-14)23-20-18-4-2-3-5-19(18)21(25)24(20)17-12-8-15(22)9-13-17/h2-13,20,23H,1H3/t20-/m1/s1. The van der Waals surface area contributed by atoms with Crippen LogP contribution in [0.4, 0.5) is 11.4 Å². The Kier molecular flexibility index (Phi) is 3.94. The molecular weight excluding hydrogens is 332 g/mol. The highest BCUT2D eigenvalue weighted by molar-refractivity contribution is 6.30. The molecule has 0 saturated carbocycles. The number of nitrogens with one attached hydrogen (secondary N) is 1. The minimum absolute atomic E-state index is 0.0115. The van der Waals surface area contributed by atoms with E-state index in [2.05, 4.69) is 24.4 Å². The molecule has 0 saturated heterocycles. The lowest BCUT2D eigenvalue weighted by molar-refractivity contribution is 0.0993. The van der Waals surface area contributed by atoms with Crippen LogP contribution in [0.2, 0.25) is 5.02 Å². The van der Waals surface area contributed by atoms with E-state index < -0.39 is 0 Å². The molecule has 0 bridgehead atoms. The molecule has 0 unspecified atom stereocenters. The molecule has 1 aliphatic rings. The number of benzene rings is 3. The topological polar surface area (TPSA) is 32.3 Å². The predicted molar refractivity (Wildman–Crippen MR) is 102 cm³/mol. The Balaban J connectivity index is 1.77. The third-order valence-corrected chi connectivity index (χ3v) is 4.67. The number of carbonyl (C=O) groups excluding carboxylic acids is 1. The molecule has 0 aromatic heterocycles. The second kappa shape index (κ2) is 6.26. The predicted octanol–water partition coefficient (Wildman–Crippen LogP) is 5.42. The molecule has 1 atom stereocenters. The Hall–Kier alpha value is -2.78. The van der Waals surface area contributed by atoms with Crippen LogP contribution in [-0.4, -0.2) is 5.91 Å². The summed E-state index contributed by atoms with van der Waals surface area (Å²) in [5, 5.41) is 4.14. The summed E-state index contributed by atoms with van der Waals surface area (Å²) in [6.45, 7) is 2.05. The van der Waals surface area contributed by atoms with Gasteiger partial charge in [-0.15, -0.1) is 0 Å². The van der Waals surface area contributed by atoms with Gasteiger partial charge in [-0.3, -0.25) is 9.69 Å². The maximum absolute atomic E-state index is 13.0. The summed E-state index contributed by atoms with van der Waals surface area (Å²) in [5.41, 5.74) is 4.68. The number of aryl methyl sites for hydroxylation is 1. The second-order valence-corrected chi connectivity index (χ2v) is 6.59. The second-order valence-electron chi connectivity index (χ2n) is 6.15. The van der Waals surface area contributed by atoms with Crippen LogP contribution in [-0.2, 0) is 0 Å². The minimum atomic E-state index is -0.257. The van der Waals surface area contributed by atoms with Gasteiger partial charge in [-0.1, -0.05) is 47.5 Å². The first-order valence-electron chi connectivity index (χ1n) is 8.15. The van der Waals surface area contributed by atoms with Gasteiger partial charge in [0.05, 0.1) is 0 Å². The van der Waals surface area contributed by atoms with Crippen LogP contribution < -0.4 is 10.2 Å². The van der Waals surface area contributed by atoms with Gasteiger partial charge < -0.3 is 5.32 Å². The average molecular weight is 349 g/mol. The number of hydrogen-bond acceptors (Lipinski definition) is 2. The summed E-state index contributed by atoms with van der Waals surface area (Å²) in [4.78, 5) is 14.8. The highest BCUT2D eigenvalue weighted by atomic mass is 35.5. The van der Waals surface area contributed by atoms with Crippen molar-refractivity contribution < 1.29 is 4.79 Å². The number of rotatable bonds is 3. The fourth-order valence-corrected chi connectivity index (χ4v) is 3.26. The minimum Gasteiger partial charge on any atom is -0.361 e. The Morgan fingerprint density at radius 2 is 1.60 bits per heavy atom. The molecule has 1 N–H and O–H groups in total. The molecular formula is C21H17ClN2O. The van der Waals surface area contributed by atoms with Crippen LogP contribution in [0.15, 0.2) is 72.8 Å². The van der Waals surface area contributed by atoms with Crippen LogP contribution in [0.25, 0.3) is 0 Å². The van der Waals surface area contributed by atoms with Crippen molar-refractivity contribution >= 4 is 28.9 Å². The van der Waals surface area contributed by atoms with E-state index in [1.54, 1.807) is 17.0 Å². The third kappa shape index (κ3) is 2.87. The Morgan fingerprint density at radius 3 is 2.32 bits per heavy atom. The first-order chi connectivity index (χ1) is 12.1. The highest BCUT2D eigenvalue weighted by Crippen LogP contribution is 2.38. The smallest absolute Gasteiger partial charge is 0.260 e. The van der Waals surface area contributed by atoms with E-state index in [-0.39, 0.29) is 12.1 Å². The van der Waals surface area contributed by atoms with Gasteiger partial charge in [-0.2, -0.15) is 0 Å². The fourth-order valence-electron chi connectivity index (χ4n) is 3.13. The number of amides is 1. The molecule has 1 amide bonds. The van der Waals surface area contributed by atoms with Gasteiger partial charge in [0.15, 0.2) is 0 Å². The molecule has 1 aliphatic heterocycles. The molecule has 124 valence electrons. The largest absolute Gasteiger partial charge is 0.361 e. The molecule has 3 aromatic carbocycles. The van der Waals surface area contributed by atoms with Gasteiger partial charge >= 0.3 is 0 Å². The van der Waals surface area contributed by atoms with Gasteiger partial charge in [0.2, 0.25) is 0 Å². The molecule has 3 aromatic rings. The Morgan fingerprint density at radius 1 is 0.920 bits per heavy atom. The summed E-state index contributed by atoms with van der Waals surface area (Å²) in [6.07, 6.45) is -0.257. The van der Waals surface area contributed by atoms with Crippen LogP contribution in [0.1, 0.15) is 27.7 Å². The van der Waals surface area contributed by atoms with Gasteiger partial charge in [-0.25, -0.2) is 0 Å². The summed E-state index contributed by atoms with van der Waals surface area (Å²) >= 11 is 6.01. The van der Waals surface area contributed by atoms with Crippen molar-refractivity contribution in [3.05, 3.63) is 94.5 Å². The van der Waals surface area contributed by atoms with E-state index in [0.29, 0.717) is 5.02 Å². The summed E-state index contributed by atoms with van der Waals surface area (Å²) in [5.74, 6) is -0.0115. The lowest BCUT2D eigenvalue weighted by atomic mass is 10.1. The maximum Gasteiger partial charge on any atom is 0.260 e. The van der Waals surface area contributed by atoms with Crippen molar-refractivity contribution in [3.8, 4) is 0 Å². The first kappa shape index (κ1) is 15.7. The number of fused-ring (bicyclic) bond motifs is 1.